The second kappa shape index (κ2) is 10.4. The molecule has 0 radical (unpaired) electrons. The highest BCUT2D eigenvalue weighted by molar-refractivity contribution is 7.89. The monoisotopic (exact) mass is 489 g/mol. The van der Waals surface area contributed by atoms with E-state index in [9.17, 15) is 18.0 Å². The van der Waals surface area contributed by atoms with Crippen LogP contribution in [0, 0.1) is 0 Å². The molecule has 2 aromatic rings. The molecule has 0 bridgehead atoms. The number of nitrogens with zero attached hydrogens (tertiary/aromatic N) is 2. The summed E-state index contributed by atoms with van der Waals surface area (Å²) in [5.41, 5.74) is 0.130. The maximum atomic E-state index is 13.5. The zero-order chi connectivity index (χ0) is 24.9. The summed E-state index contributed by atoms with van der Waals surface area (Å²) in [4.78, 5) is 28.2. The first-order valence-electron chi connectivity index (χ1n) is 11.0. The lowest BCUT2D eigenvalue weighted by Gasteiger charge is -2.47. The van der Waals surface area contributed by atoms with Gasteiger partial charge in [0.25, 0.3) is 0 Å². The van der Waals surface area contributed by atoms with Gasteiger partial charge in [-0.25, -0.2) is 8.42 Å². The van der Waals surface area contributed by atoms with Gasteiger partial charge in [0, 0.05) is 24.7 Å². The Bertz CT molecular complexity index is 1140. The van der Waals surface area contributed by atoms with Crippen molar-refractivity contribution in [2.24, 2.45) is 0 Å². The summed E-state index contributed by atoms with van der Waals surface area (Å²) in [6.07, 6.45) is 0. The first kappa shape index (κ1) is 25.5. The summed E-state index contributed by atoms with van der Waals surface area (Å²) in [6, 6.07) is 14.6. The molecule has 2 amide bonds. The summed E-state index contributed by atoms with van der Waals surface area (Å²) in [6.45, 7) is 2.97. The number of piperazine rings is 1. The van der Waals surface area contributed by atoms with Gasteiger partial charge < -0.3 is 19.7 Å². The fourth-order valence-electron chi connectivity index (χ4n) is 3.95. The van der Waals surface area contributed by atoms with E-state index < -0.39 is 27.4 Å². The molecule has 9 nitrogen and oxygen atoms in total. The molecule has 1 fully saturated rings. The first-order chi connectivity index (χ1) is 16.1. The van der Waals surface area contributed by atoms with Crippen molar-refractivity contribution in [2.75, 3.05) is 33.1 Å². The van der Waals surface area contributed by atoms with Crippen molar-refractivity contribution in [1.82, 2.24) is 14.5 Å². The van der Waals surface area contributed by atoms with Gasteiger partial charge in [0.1, 0.15) is 17.0 Å². The van der Waals surface area contributed by atoms with Crippen LogP contribution in [0.5, 0.6) is 11.5 Å². The van der Waals surface area contributed by atoms with E-state index in [1.165, 1.54) is 18.9 Å². The Labute approximate surface area is 200 Å². The second-order valence-electron chi connectivity index (χ2n) is 8.27. The molecule has 1 aliphatic heterocycles. The molecule has 0 spiro atoms. The van der Waals surface area contributed by atoms with Crippen LogP contribution in [-0.4, -0.2) is 68.0 Å². The lowest BCUT2D eigenvalue weighted by molar-refractivity contribution is -0.153. The third kappa shape index (κ3) is 5.34. The molecule has 34 heavy (non-hydrogen) atoms. The first-order valence-corrected chi connectivity index (χ1v) is 12.6. The molecule has 0 aromatic heterocycles. The van der Waals surface area contributed by atoms with Crippen LogP contribution in [0.3, 0.4) is 0 Å². The topological polar surface area (TPSA) is 105 Å². The third-order valence-electron chi connectivity index (χ3n) is 6.06. The summed E-state index contributed by atoms with van der Waals surface area (Å²) in [5.74, 6) is 0.0394. The molecular weight excluding hydrogens is 458 g/mol. The van der Waals surface area contributed by atoms with Crippen LogP contribution < -0.4 is 14.8 Å². The van der Waals surface area contributed by atoms with Crippen LogP contribution >= 0.6 is 0 Å². The van der Waals surface area contributed by atoms with Crippen LogP contribution in [-0.2, 0) is 32.7 Å². The zero-order valence-corrected chi connectivity index (χ0v) is 20.7. The van der Waals surface area contributed by atoms with Crippen molar-refractivity contribution in [3.05, 3.63) is 59.7 Å². The van der Waals surface area contributed by atoms with Crippen LogP contribution in [0.2, 0.25) is 0 Å². The Hall–Kier alpha value is -3.11. The molecular formula is C24H31N3O6S. The molecule has 1 aliphatic rings. The standard InChI is InChI=1S/C24H31N3O6S/c1-5-34(30,31)26-16-22(28)27(15-19-11-12-20(32-3)13-21(19)33-4)24(2,17-26)23(29)25-14-18-9-7-6-8-10-18/h6-13H,5,14-17H2,1-4H3,(H,25,29)/t24-/m0/s1. The minimum atomic E-state index is -3.68. The van der Waals surface area contributed by atoms with E-state index in [1.54, 1.807) is 32.2 Å². The van der Waals surface area contributed by atoms with E-state index in [4.69, 9.17) is 9.47 Å². The van der Waals surface area contributed by atoms with Gasteiger partial charge in [0.15, 0.2) is 0 Å². The van der Waals surface area contributed by atoms with Crippen LogP contribution in [0.25, 0.3) is 0 Å². The van der Waals surface area contributed by atoms with Crippen molar-refractivity contribution < 1.29 is 27.5 Å². The number of ether oxygens (including phenoxy) is 2. The van der Waals surface area contributed by atoms with Crippen molar-refractivity contribution >= 4 is 21.8 Å². The SMILES string of the molecule is CCS(=O)(=O)N1CC(=O)N(Cc2ccc(OC)cc2OC)[C@](C)(C(=O)NCc2ccccc2)C1. The number of carbonyl (C=O) groups excluding carboxylic acids is 2. The van der Waals surface area contributed by atoms with E-state index in [0.717, 1.165) is 9.87 Å². The fourth-order valence-corrected chi connectivity index (χ4v) is 5.07. The van der Waals surface area contributed by atoms with Crippen molar-refractivity contribution in [1.29, 1.82) is 0 Å². The molecule has 3 rings (SSSR count). The number of hydrogen-bond acceptors (Lipinski definition) is 6. The summed E-state index contributed by atoms with van der Waals surface area (Å²) >= 11 is 0. The Balaban J connectivity index is 1.95. The second-order valence-corrected chi connectivity index (χ2v) is 10.5. The molecule has 0 unspecified atom stereocenters. The number of methoxy groups -OCH3 is 2. The predicted octanol–water partition coefficient (Wildman–Crippen LogP) is 1.77. The fraction of sp³-hybridized carbons (Fsp3) is 0.417. The Morgan fingerprint density at radius 1 is 1.12 bits per heavy atom. The summed E-state index contributed by atoms with van der Waals surface area (Å²) in [5, 5.41) is 2.88. The highest BCUT2D eigenvalue weighted by atomic mass is 32.2. The molecule has 1 N–H and O–H groups in total. The van der Waals surface area contributed by atoms with Gasteiger partial charge in [-0.15, -0.1) is 0 Å². The molecule has 2 aromatic carbocycles. The third-order valence-corrected chi connectivity index (χ3v) is 7.83. The molecule has 1 heterocycles. The van der Waals surface area contributed by atoms with Gasteiger partial charge in [-0.2, -0.15) is 4.31 Å². The zero-order valence-electron chi connectivity index (χ0n) is 19.9. The van der Waals surface area contributed by atoms with Crippen LogP contribution in [0.4, 0.5) is 0 Å². The quantitative estimate of drug-likeness (QED) is 0.576. The van der Waals surface area contributed by atoms with Gasteiger partial charge in [-0.1, -0.05) is 30.3 Å². The van der Waals surface area contributed by atoms with Gasteiger partial charge >= 0.3 is 0 Å². The number of carbonyl (C=O) groups is 2. The molecule has 1 saturated heterocycles. The van der Waals surface area contributed by atoms with E-state index in [1.807, 2.05) is 30.3 Å². The van der Waals surface area contributed by atoms with Gasteiger partial charge in [-0.3, -0.25) is 9.59 Å². The highest BCUT2D eigenvalue weighted by Crippen LogP contribution is 2.31. The van der Waals surface area contributed by atoms with E-state index in [2.05, 4.69) is 5.32 Å². The van der Waals surface area contributed by atoms with E-state index >= 15 is 0 Å². The number of benzene rings is 2. The average Bonchev–Trinajstić information content (AvgIpc) is 2.85. The molecule has 1 atom stereocenters. The minimum Gasteiger partial charge on any atom is -0.497 e. The maximum Gasteiger partial charge on any atom is 0.247 e. The number of nitrogens with one attached hydrogen (secondary N) is 1. The van der Waals surface area contributed by atoms with Crippen LogP contribution in [0.15, 0.2) is 48.5 Å². The van der Waals surface area contributed by atoms with Gasteiger partial charge in [0.2, 0.25) is 21.8 Å². The molecule has 0 aliphatic carbocycles. The number of amides is 2. The lowest BCUT2D eigenvalue weighted by Crippen LogP contribution is -2.69. The maximum absolute atomic E-state index is 13.5. The Morgan fingerprint density at radius 3 is 2.44 bits per heavy atom. The highest BCUT2D eigenvalue weighted by Gasteiger charge is 2.50. The number of sulfonamides is 1. The predicted molar refractivity (Wildman–Crippen MR) is 128 cm³/mol. The van der Waals surface area contributed by atoms with Crippen molar-refractivity contribution in [3.8, 4) is 11.5 Å². The van der Waals surface area contributed by atoms with Crippen LogP contribution in [0.1, 0.15) is 25.0 Å². The van der Waals surface area contributed by atoms with E-state index in [-0.39, 0.29) is 31.9 Å². The largest absolute Gasteiger partial charge is 0.497 e. The van der Waals surface area contributed by atoms with Gasteiger partial charge in [0.05, 0.1) is 33.1 Å². The molecule has 184 valence electrons. The van der Waals surface area contributed by atoms with Crippen molar-refractivity contribution in [2.45, 2.75) is 32.5 Å². The lowest BCUT2D eigenvalue weighted by atomic mass is 9.94. The summed E-state index contributed by atoms with van der Waals surface area (Å²) < 4.78 is 37.0. The van der Waals surface area contributed by atoms with Gasteiger partial charge in [-0.05, 0) is 31.5 Å². The average molecular weight is 490 g/mol. The van der Waals surface area contributed by atoms with Crippen molar-refractivity contribution in [3.63, 3.8) is 0 Å². The number of rotatable bonds is 9. The van der Waals surface area contributed by atoms with E-state index in [0.29, 0.717) is 17.1 Å². The summed E-state index contributed by atoms with van der Waals surface area (Å²) in [7, 11) is -0.627. The smallest absolute Gasteiger partial charge is 0.247 e. The normalized spacial score (nSPS) is 19.1. The number of hydrogen-bond donors (Lipinski definition) is 1. The minimum absolute atomic E-state index is 0.0707. The Morgan fingerprint density at radius 2 is 1.82 bits per heavy atom. The Kier molecular flexibility index (Phi) is 7.83. The molecule has 0 saturated carbocycles. The molecule has 10 heteroatoms.